The highest BCUT2D eigenvalue weighted by atomic mass is 19.1. The fourth-order valence-corrected chi connectivity index (χ4v) is 2.14. The lowest BCUT2D eigenvalue weighted by Crippen LogP contribution is -2.29. The van der Waals surface area contributed by atoms with Crippen molar-refractivity contribution in [3.05, 3.63) is 65.2 Å². The molecule has 0 bridgehead atoms. The van der Waals surface area contributed by atoms with Gasteiger partial charge in [0.1, 0.15) is 17.4 Å². The summed E-state index contributed by atoms with van der Waals surface area (Å²) in [6.45, 7) is 3.67. The molecule has 0 saturated heterocycles. The van der Waals surface area contributed by atoms with Gasteiger partial charge >= 0.3 is 0 Å². The first-order valence-electron chi connectivity index (χ1n) is 7.54. The molecule has 0 fully saturated rings. The third-order valence-corrected chi connectivity index (χ3v) is 3.25. The van der Waals surface area contributed by atoms with Gasteiger partial charge in [0, 0.05) is 12.6 Å². The molecule has 0 saturated carbocycles. The van der Waals surface area contributed by atoms with Crippen LogP contribution in [0.25, 0.3) is 0 Å². The first-order valence-corrected chi connectivity index (χ1v) is 7.54. The summed E-state index contributed by atoms with van der Waals surface area (Å²) in [4.78, 5) is 11.9. The molecule has 0 heterocycles. The molecule has 2 N–H and O–H groups in total. The maximum Gasteiger partial charge on any atom is 0.254 e. The van der Waals surface area contributed by atoms with Gasteiger partial charge in [0.15, 0.2) is 0 Å². The second-order valence-corrected chi connectivity index (χ2v) is 5.59. The molecule has 4 nitrogen and oxygen atoms in total. The fraction of sp³-hybridized carbons (Fsp3) is 0.278. The molecule has 2 aromatic rings. The van der Waals surface area contributed by atoms with E-state index < -0.39 is 23.6 Å². The molecule has 2 aromatic carbocycles. The lowest BCUT2D eigenvalue weighted by Gasteiger charge is -2.15. The van der Waals surface area contributed by atoms with Gasteiger partial charge in [-0.1, -0.05) is 12.1 Å². The number of carbonyl (C=O) groups excluding carboxylic acids is 1. The van der Waals surface area contributed by atoms with E-state index in [0.29, 0.717) is 17.4 Å². The van der Waals surface area contributed by atoms with Crippen LogP contribution >= 0.6 is 0 Å². The second kappa shape index (κ2) is 7.88. The molecule has 6 heteroatoms. The molecule has 1 amide bonds. The number of rotatable bonds is 6. The van der Waals surface area contributed by atoms with Gasteiger partial charge in [-0.05, 0) is 43.7 Å². The summed E-state index contributed by atoms with van der Waals surface area (Å²) in [5.41, 5.74) is 0.286. The Morgan fingerprint density at radius 1 is 1.21 bits per heavy atom. The van der Waals surface area contributed by atoms with Crippen molar-refractivity contribution in [3.63, 3.8) is 0 Å². The zero-order valence-electron chi connectivity index (χ0n) is 13.4. The Morgan fingerprint density at radius 2 is 1.96 bits per heavy atom. The molecule has 24 heavy (non-hydrogen) atoms. The number of amides is 1. The zero-order valence-corrected chi connectivity index (χ0v) is 13.4. The van der Waals surface area contributed by atoms with Crippen molar-refractivity contribution in [1.29, 1.82) is 0 Å². The lowest BCUT2D eigenvalue weighted by molar-refractivity contribution is 0.0912. The van der Waals surface area contributed by atoms with Crippen LogP contribution in [0.4, 0.5) is 8.78 Å². The fourth-order valence-electron chi connectivity index (χ4n) is 2.14. The molecule has 0 aromatic heterocycles. The van der Waals surface area contributed by atoms with Crippen molar-refractivity contribution >= 4 is 5.91 Å². The Kier molecular flexibility index (Phi) is 5.87. The van der Waals surface area contributed by atoms with Crippen LogP contribution in [0.5, 0.6) is 5.75 Å². The minimum atomic E-state index is -0.979. The highest BCUT2D eigenvalue weighted by Gasteiger charge is 2.15. The third kappa shape index (κ3) is 4.76. The van der Waals surface area contributed by atoms with Crippen LogP contribution < -0.4 is 10.1 Å². The molecule has 128 valence electrons. The van der Waals surface area contributed by atoms with Crippen LogP contribution in [-0.2, 0) is 0 Å². The van der Waals surface area contributed by atoms with Crippen molar-refractivity contribution in [2.45, 2.75) is 26.1 Å². The normalized spacial score (nSPS) is 12.1. The summed E-state index contributed by atoms with van der Waals surface area (Å²) >= 11 is 0. The van der Waals surface area contributed by atoms with E-state index in [1.165, 1.54) is 0 Å². The van der Waals surface area contributed by atoms with Gasteiger partial charge in [0.2, 0.25) is 0 Å². The highest BCUT2D eigenvalue weighted by molar-refractivity contribution is 5.94. The number of ether oxygens (including phenoxy) is 1. The van der Waals surface area contributed by atoms with Crippen LogP contribution in [0.3, 0.4) is 0 Å². The number of hydrogen-bond donors (Lipinski definition) is 2. The Hall–Kier alpha value is -2.47. The Morgan fingerprint density at radius 3 is 2.62 bits per heavy atom. The summed E-state index contributed by atoms with van der Waals surface area (Å²) in [7, 11) is 0. The standard InChI is InChI=1S/C18H19F2NO3/c1-11(2)24-14-5-3-4-12(8-14)17(22)10-21-18(23)15-7-6-13(19)9-16(15)20/h3-9,11,17,22H,10H2,1-2H3,(H,21,23). The van der Waals surface area contributed by atoms with Gasteiger partial charge in [0.25, 0.3) is 5.91 Å². The maximum absolute atomic E-state index is 13.5. The number of aliphatic hydroxyl groups is 1. The van der Waals surface area contributed by atoms with E-state index in [1.807, 2.05) is 13.8 Å². The summed E-state index contributed by atoms with van der Waals surface area (Å²) in [6, 6.07) is 9.57. The molecular weight excluding hydrogens is 316 g/mol. The van der Waals surface area contributed by atoms with Crippen LogP contribution in [0.1, 0.15) is 35.9 Å². The monoisotopic (exact) mass is 335 g/mol. The molecule has 0 aliphatic carbocycles. The van der Waals surface area contributed by atoms with E-state index in [-0.39, 0.29) is 18.2 Å². The van der Waals surface area contributed by atoms with Crippen LogP contribution in [0.2, 0.25) is 0 Å². The van der Waals surface area contributed by atoms with Crippen LogP contribution in [0, 0.1) is 11.6 Å². The third-order valence-electron chi connectivity index (χ3n) is 3.25. The van der Waals surface area contributed by atoms with Gasteiger partial charge < -0.3 is 15.2 Å². The number of benzene rings is 2. The largest absolute Gasteiger partial charge is 0.491 e. The molecule has 1 atom stereocenters. The van der Waals surface area contributed by atoms with Gasteiger partial charge in [-0.2, -0.15) is 0 Å². The quantitative estimate of drug-likeness (QED) is 0.852. The molecule has 2 rings (SSSR count). The molecule has 0 aliphatic heterocycles. The number of hydrogen-bond acceptors (Lipinski definition) is 3. The first kappa shape index (κ1) is 17.9. The zero-order chi connectivity index (χ0) is 17.7. The summed E-state index contributed by atoms with van der Waals surface area (Å²) in [5.74, 6) is -1.82. The van der Waals surface area contributed by atoms with E-state index in [9.17, 15) is 18.7 Å². The Bertz CT molecular complexity index is 719. The van der Waals surface area contributed by atoms with Crippen molar-refractivity contribution < 1.29 is 23.4 Å². The maximum atomic E-state index is 13.5. The van der Waals surface area contributed by atoms with Gasteiger partial charge in [-0.3, -0.25) is 4.79 Å². The minimum absolute atomic E-state index is 0.00135. The van der Waals surface area contributed by atoms with Gasteiger partial charge in [-0.25, -0.2) is 8.78 Å². The second-order valence-electron chi connectivity index (χ2n) is 5.59. The van der Waals surface area contributed by atoms with E-state index in [0.717, 1.165) is 12.1 Å². The van der Waals surface area contributed by atoms with Crippen molar-refractivity contribution in [2.24, 2.45) is 0 Å². The van der Waals surface area contributed by atoms with E-state index in [4.69, 9.17) is 4.74 Å². The predicted octanol–water partition coefficient (Wildman–Crippen LogP) is 3.22. The number of carbonyl (C=O) groups is 1. The smallest absolute Gasteiger partial charge is 0.254 e. The molecule has 0 radical (unpaired) electrons. The molecular formula is C18H19F2NO3. The van der Waals surface area contributed by atoms with E-state index in [2.05, 4.69) is 5.32 Å². The van der Waals surface area contributed by atoms with Crippen molar-refractivity contribution in [1.82, 2.24) is 5.32 Å². The first-order chi connectivity index (χ1) is 11.4. The summed E-state index contributed by atoms with van der Waals surface area (Å²) in [5, 5.41) is 12.6. The number of nitrogens with one attached hydrogen (secondary N) is 1. The average Bonchev–Trinajstić information content (AvgIpc) is 2.52. The topological polar surface area (TPSA) is 58.6 Å². The van der Waals surface area contributed by atoms with Crippen LogP contribution in [0.15, 0.2) is 42.5 Å². The Labute approximate surface area is 139 Å². The molecule has 0 aliphatic rings. The lowest BCUT2D eigenvalue weighted by atomic mass is 10.1. The average molecular weight is 335 g/mol. The van der Waals surface area contributed by atoms with E-state index >= 15 is 0 Å². The van der Waals surface area contributed by atoms with Gasteiger partial charge in [-0.15, -0.1) is 0 Å². The summed E-state index contributed by atoms with van der Waals surface area (Å²) in [6.07, 6.45) is -0.980. The minimum Gasteiger partial charge on any atom is -0.491 e. The highest BCUT2D eigenvalue weighted by Crippen LogP contribution is 2.20. The Balaban J connectivity index is 1.99. The SMILES string of the molecule is CC(C)Oc1cccc(C(O)CNC(=O)c2ccc(F)cc2F)c1. The summed E-state index contributed by atoms with van der Waals surface area (Å²) < 4.78 is 31.9. The van der Waals surface area contributed by atoms with E-state index in [1.54, 1.807) is 24.3 Å². The molecule has 1 unspecified atom stereocenters. The predicted molar refractivity (Wildman–Crippen MR) is 85.9 cm³/mol. The van der Waals surface area contributed by atoms with Crippen LogP contribution in [-0.4, -0.2) is 23.7 Å². The van der Waals surface area contributed by atoms with Gasteiger partial charge in [0.05, 0.1) is 17.8 Å². The van der Waals surface area contributed by atoms with Crippen molar-refractivity contribution in [3.8, 4) is 5.75 Å². The number of aliphatic hydroxyl groups excluding tert-OH is 1. The number of halogens is 2. The molecule has 0 spiro atoms. The van der Waals surface area contributed by atoms with Crippen molar-refractivity contribution in [2.75, 3.05) is 6.54 Å².